The van der Waals surface area contributed by atoms with E-state index in [4.69, 9.17) is 17.0 Å². The lowest BCUT2D eigenvalue weighted by Crippen LogP contribution is -2.21. The van der Waals surface area contributed by atoms with E-state index in [0.717, 1.165) is 17.6 Å². The molecule has 0 aromatic carbocycles. The van der Waals surface area contributed by atoms with Gasteiger partial charge < -0.3 is 4.74 Å². The number of rotatable bonds is 2. The molecule has 1 aliphatic rings. The first kappa shape index (κ1) is 9.97. The molecular weight excluding hydrogens is 168 g/mol. The molecule has 0 bridgehead atoms. The molecule has 1 rings (SSSR count). The lowest BCUT2D eigenvalue weighted by molar-refractivity contribution is 0.269. The van der Waals surface area contributed by atoms with Crippen LogP contribution in [0.3, 0.4) is 0 Å². The first-order valence-corrected chi connectivity index (χ1v) is 5.31. The van der Waals surface area contributed by atoms with E-state index in [9.17, 15) is 0 Å². The van der Waals surface area contributed by atoms with Crippen molar-refractivity contribution in [1.82, 2.24) is 0 Å². The SMILES string of the molecule is CCOC(=S)C1CCC(C)CC1. The molecule has 0 spiro atoms. The van der Waals surface area contributed by atoms with E-state index in [-0.39, 0.29) is 0 Å². The molecule has 0 aliphatic heterocycles. The van der Waals surface area contributed by atoms with Crippen molar-refractivity contribution in [2.75, 3.05) is 6.61 Å². The zero-order valence-corrected chi connectivity index (χ0v) is 8.82. The average Bonchev–Trinajstić information content (AvgIpc) is 2.06. The van der Waals surface area contributed by atoms with E-state index in [0.29, 0.717) is 5.92 Å². The Kier molecular flexibility index (Phi) is 3.99. The van der Waals surface area contributed by atoms with Crippen molar-refractivity contribution in [2.45, 2.75) is 39.5 Å². The van der Waals surface area contributed by atoms with Crippen LogP contribution < -0.4 is 0 Å². The molecule has 1 fully saturated rings. The van der Waals surface area contributed by atoms with Crippen LogP contribution in [-0.4, -0.2) is 11.7 Å². The minimum atomic E-state index is 0.566. The van der Waals surface area contributed by atoms with Gasteiger partial charge in [-0.2, -0.15) is 0 Å². The van der Waals surface area contributed by atoms with Crippen LogP contribution in [0.15, 0.2) is 0 Å². The molecule has 0 unspecified atom stereocenters. The van der Waals surface area contributed by atoms with E-state index in [1.165, 1.54) is 25.7 Å². The standard InChI is InChI=1S/C10H18OS/c1-3-11-10(12)9-6-4-8(2)5-7-9/h8-9H,3-7H2,1-2H3. The first-order chi connectivity index (χ1) is 5.74. The monoisotopic (exact) mass is 186 g/mol. The molecule has 0 aromatic rings. The van der Waals surface area contributed by atoms with Gasteiger partial charge in [0.1, 0.15) is 0 Å². The van der Waals surface area contributed by atoms with Gasteiger partial charge in [-0.05, 0) is 50.7 Å². The smallest absolute Gasteiger partial charge is 0.162 e. The second kappa shape index (κ2) is 4.80. The molecule has 0 heterocycles. The lowest BCUT2D eigenvalue weighted by Gasteiger charge is -2.26. The van der Waals surface area contributed by atoms with Crippen molar-refractivity contribution in [3.8, 4) is 0 Å². The van der Waals surface area contributed by atoms with Gasteiger partial charge in [0, 0.05) is 5.92 Å². The first-order valence-electron chi connectivity index (χ1n) is 4.90. The molecule has 12 heavy (non-hydrogen) atoms. The van der Waals surface area contributed by atoms with Crippen molar-refractivity contribution in [1.29, 1.82) is 0 Å². The molecule has 0 saturated heterocycles. The highest BCUT2D eigenvalue weighted by atomic mass is 32.1. The molecule has 70 valence electrons. The maximum Gasteiger partial charge on any atom is 0.162 e. The summed E-state index contributed by atoms with van der Waals surface area (Å²) >= 11 is 5.19. The number of hydrogen-bond acceptors (Lipinski definition) is 2. The maximum atomic E-state index is 5.35. The van der Waals surface area contributed by atoms with Crippen LogP contribution in [0.1, 0.15) is 39.5 Å². The summed E-state index contributed by atoms with van der Waals surface area (Å²) in [4.78, 5) is 0. The van der Waals surface area contributed by atoms with Crippen LogP contribution in [0, 0.1) is 11.8 Å². The third kappa shape index (κ3) is 2.74. The summed E-state index contributed by atoms with van der Waals surface area (Å²) in [6.07, 6.45) is 5.11. The van der Waals surface area contributed by atoms with Crippen molar-refractivity contribution in [2.24, 2.45) is 11.8 Å². The van der Waals surface area contributed by atoms with E-state index >= 15 is 0 Å². The molecule has 0 atom stereocenters. The topological polar surface area (TPSA) is 9.23 Å². The van der Waals surface area contributed by atoms with Crippen LogP contribution >= 0.6 is 12.2 Å². The Morgan fingerprint density at radius 1 is 1.33 bits per heavy atom. The Labute approximate surface area is 80.5 Å². The van der Waals surface area contributed by atoms with E-state index in [1.807, 2.05) is 6.92 Å². The fourth-order valence-electron chi connectivity index (χ4n) is 1.76. The molecule has 2 heteroatoms. The number of hydrogen-bond donors (Lipinski definition) is 0. The highest BCUT2D eigenvalue weighted by Crippen LogP contribution is 2.29. The maximum absolute atomic E-state index is 5.35. The van der Waals surface area contributed by atoms with Crippen molar-refractivity contribution in [3.63, 3.8) is 0 Å². The predicted molar refractivity (Wildman–Crippen MR) is 55.3 cm³/mol. The summed E-state index contributed by atoms with van der Waals surface area (Å²) in [7, 11) is 0. The summed E-state index contributed by atoms with van der Waals surface area (Å²) in [5.41, 5.74) is 0. The second-order valence-electron chi connectivity index (χ2n) is 3.71. The van der Waals surface area contributed by atoms with E-state index in [1.54, 1.807) is 0 Å². The largest absolute Gasteiger partial charge is 0.487 e. The van der Waals surface area contributed by atoms with Crippen molar-refractivity contribution in [3.05, 3.63) is 0 Å². The molecule has 0 N–H and O–H groups in total. The van der Waals surface area contributed by atoms with E-state index in [2.05, 4.69) is 6.92 Å². The Balaban J connectivity index is 2.29. The second-order valence-corrected chi connectivity index (χ2v) is 4.11. The Hall–Kier alpha value is -0.110. The third-order valence-electron chi connectivity index (χ3n) is 2.64. The molecule has 1 aliphatic carbocycles. The highest BCUT2D eigenvalue weighted by molar-refractivity contribution is 7.80. The zero-order chi connectivity index (χ0) is 8.97. The van der Waals surface area contributed by atoms with Crippen LogP contribution in [0.2, 0.25) is 0 Å². The van der Waals surface area contributed by atoms with Crippen molar-refractivity contribution >= 4 is 17.3 Å². The zero-order valence-electron chi connectivity index (χ0n) is 8.01. The highest BCUT2D eigenvalue weighted by Gasteiger charge is 2.22. The quantitative estimate of drug-likeness (QED) is 0.613. The molecular formula is C10H18OS. The third-order valence-corrected chi connectivity index (χ3v) is 3.09. The Bertz CT molecular complexity index is 148. The molecule has 0 amide bonds. The average molecular weight is 186 g/mol. The van der Waals surface area contributed by atoms with Gasteiger partial charge in [0.25, 0.3) is 0 Å². The van der Waals surface area contributed by atoms with Crippen LogP contribution in [-0.2, 0) is 4.74 Å². The van der Waals surface area contributed by atoms with E-state index < -0.39 is 0 Å². The summed E-state index contributed by atoms with van der Waals surface area (Å²) < 4.78 is 5.35. The van der Waals surface area contributed by atoms with Gasteiger partial charge in [0.05, 0.1) is 6.61 Å². The molecule has 0 radical (unpaired) electrons. The summed E-state index contributed by atoms with van der Waals surface area (Å²) in [5, 5.41) is 0.851. The normalized spacial score (nSPS) is 29.8. The van der Waals surface area contributed by atoms with Crippen LogP contribution in [0.4, 0.5) is 0 Å². The van der Waals surface area contributed by atoms with Crippen LogP contribution in [0.5, 0.6) is 0 Å². The van der Waals surface area contributed by atoms with Gasteiger partial charge >= 0.3 is 0 Å². The summed E-state index contributed by atoms with van der Waals surface area (Å²) in [6.45, 7) is 5.04. The van der Waals surface area contributed by atoms with Gasteiger partial charge in [-0.1, -0.05) is 6.92 Å². The summed E-state index contributed by atoms with van der Waals surface area (Å²) in [6, 6.07) is 0. The molecule has 1 saturated carbocycles. The van der Waals surface area contributed by atoms with Gasteiger partial charge in [0.2, 0.25) is 0 Å². The Morgan fingerprint density at radius 3 is 2.42 bits per heavy atom. The van der Waals surface area contributed by atoms with Crippen LogP contribution in [0.25, 0.3) is 0 Å². The van der Waals surface area contributed by atoms with Gasteiger partial charge in [-0.15, -0.1) is 0 Å². The van der Waals surface area contributed by atoms with Gasteiger partial charge in [-0.3, -0.25) is 0 Å². The van der Waals surface area contributed by atoms with Crippen molar-refractivity contribution < 1.29 is 4.74 Å². The van der Waals surface area contributed by atoms with Gasteiger partial charge in [-0.25, -0.2) is 0 Å². The molecule has 0 aromatic heterocycles. The van der Waals surface area contributed by atoms with Gasteiger partial charge in [0.15, 0.2) is 5.05 Å². The minimum Gasteiger partial charge on any atom is -0.487 e. The predicted octanol–water partition coefficient (Wildman–Crippen LogP) is 3.18. The Morgan fingerprint density at radius 2 is 1.92 bits per heavy atom. The fourth-order valence-corrected chi connectivity index (χ4v) is 2.11. The lowest BCUT2D eigenvalue weighted by atomic mass is 9.83. The number of thiocarbonyl (C=S) groups is 1. The minimum absolute atomic E-state index is 0.566. The molecule has 1 nitrogen and oxygen atoms in total. The fraction of sp³-hybridized carbons (Fsp3) is 0.900. The number of ether oxygens (including phenoxy) is 1. The summed E-state index contributed by atoms with van der Waals surface area (Å²) in [5.74, 6) is 1.46.